The standard InChI is InChI=1S/C15H18N2O4/c1-11(18)9-14(19)12-4-7-17(8-5-12)15(20)21-13-3-2-6-16-10-13/h2-3,6,10,12H,4-5,7-9H2,1H3. The molecule has 0 aromatic carbocycles. The van der Waals surface area contributed by atoms with Crippen molar-refractivity contribution in [2.45, 2.75) is 26.2 Å². The third kappa shape index (κ3) is 4.37. The third-order valence-electron chi connectivity index (χ3n) is 3.47. The first-order valence-electron chi connectivity index (χ1n) is 6.95. The van der Waals surface area contributed by atoms with Gasteiger partial charge in [-0.1, -0.05) is 0 Å². The number of ether oxygens (including phenoxy) is 1. The number of pyridine rings is 1. The third-order valence-corrected chi connectivity index (χ3v) is 3.47. The Kier molecular flexibility index (Phi) is 5.03. The van der Waals surface area contributed by atoms with Gasteiger partial charge in [-0.05, 0) is 31.9 Å². The average molecular weight is 290 g/mol. The van der Waals surface area contributed by atoms with Gasteiger partial charge in [0, 0.05) is 25.2 Å². The van der Waals surface area contributed by atoms with Gasteiger partial charge in [0.05, 0.1) is 12.6 Å². The summed E-state index contributed by atoms with van der Waals surface area (Å²) in [7, 11) is 0. The van der Waals surface area contributed by atoms with Crippen molar-refractivity contribution in [2.75, 3.05) is 13.1 Å². The maximum atomic E-state index is 12.0. The SMILES string of the molecule is CC(=O)CC(=O)C1CCN(C(=O)Oc2cccnc2)CC1. The number of nitrogens with zero attached hydrogens (tertiary/aromatic N) is 2. The lowest BCUT2D eigenvalue weighted by molar-refractivity contribution is -0.129. The monoisotopic (exact) mass is 290 g/mol. The highest BCUT2D eigenvalue weighted by atomic mass is 16.6. The van der Waals surface area contributed by atoms with Gasteiger partial charge in [-0.3, -0.25) is 14.6 Å². The van der Waals surface area contributed by atoms with Crippen molar-refractivity contribution >= 4 is 17.7 Å². The predicted octanol–water partition coefficient (Wildman–Crippen LogP) is 1.84. The molecule has 6 nitrogen and oxygen atoms in total. The van der Waals surface area contributed by atoms with Gasteiger partial charge in [0.1, 0.15) is 11.6 Å². The van der Waals surface area contributed by atoms with E-state index in [2.05, 4.69) is 4.98 Å². The van der Waals surface area contributed by atoms with Crippen molar-refractivity contribution in [1.82, 2.24) is 9.88 Å². The molecule has 0 saturated carbocycles. The van der Waals surface area contributed by atoms with Gasteiger partial charge >= 0.3 is 6.09 Å². The van der Waals surface area contributed by atoms with Crippen LogP contribution in [0.4, 0.5) is 4.79 Å². The molecule has 6 heteroatoms. The van der Waals surface area contributed by atoms with E-state index in [9.17, 15) is 14.4 Å². The molecule has 1 saturated heterocycles. The van der Waals surface area contributed by atoms with E-state index in [0.29, 0.717) is 31.7 Å². The number of aromatic nitrogens is 1. The van der Waals surface area contributed by atoms with Crippen molar-refractivity contribution in [3.05, 3.63) is 24.5 Å². The highest BCUT2D eigenvalue weighted by Gasteiger charge is 2.28. The van der Waals surface area contributed by atoms with Crippen LogP contribution < -0.4 is 4.74 Å². The summed E-state index contributed by atoms with van der Waals surface area (Å²) in [5.41, 5.74) is 0. The fourth-order valence-corrected chi connectivity index (χ4v) is 2.35. The number of Topliss-reactive ketones (excluding diaryl/α,β-unsaturated/α-hetero) is 2. The van der Waals surface area contributed by atoms with Crippen LogP contribution in [0.5, 0.6) is 5.75 Å². The Balaban J connectivity index is 1.82. The van der Waals surface area contributed by atoms with Crippen molar-refractivity contribution in [1.29, 1.82) is 0 Å². The van der Waals surface area contributed by atoms with Crippen LogP contribution in [-0.4, -0.2) is 40.6 Å². The van der Waals surface area contributed by atoms with E-state index in [0.717, 1.165) is 0 Å². The van der Waals surface area contributed by atoms with Gasteiger partial charge < -0.3 is 9.64 Å². The normalized spacial score (nSPS) is 15.6. The summed E-state index contributed by atoms with van der Waals surface area (Å²) in [6, 6.07) is 3.35. The molecular weight excluding hydrogens is 272 g/mol. The van der Waals surface area contributed by atoms with E-state index < -0.39 is 6.09 Å². The van der Waals surface area contributed by atoms with E-state index >= 15 is 0 Å². The van der Waals surface area contributed by atoms with E-state index in [1.165, 1.54) is 13.1 Å². The minimum atomic E-state index is -0.430. The second kappa shape index (κ2) is 6.97. The molecule has 112 valence electrons. The van der Waals surface area contributed by atoms with Gasteiger partial charge in [-0.25, -0.2) is 4.79 Å². The second-order valence-electron chi connectivity index (χ2n) is 5.16. The Morgan fingerprint density at radius 1 is 1.33 bits per heavy atom. The van der Waals surface area contributed by atoms with Crippen LogP contribution in [-0.2, 0) is 9.59 Å². The number of carbonyl (C=O) groups excluding carboxylic acids is 3. The van der Waals surface area contributed by atoms with Crippen molar-refractivity contribution in [2.24, 2.45) is 5.92 Å². The van der Waals surface area contributed by atoms with Gasteiger partial charge in [0.15, 0.2) is 5.75 Å². The summed E-state index contributed by atoms with van der Waals surface area (Å²) in [6.45, 7) is 2.35. The second-order valence-corrected chi connectivity index (χ2v) is 5.16. The molecule has 1 aliphatic heterocycles. The lowest BCUT2D eigenvalue weighted by Gasteiger charge is -2.30. The zero-order valence-corrected chi connectivity index (χ0v) is 11.9. The molecule has 0 aliphatic carbocycles. The fraction of sp³-hybridized carbons (Fsp3) is 0.467. The summed E-state index contributed by atoms with van der Waals surface area (Å²) in [6.07, 6.45) is 3.79. The Bertz CT molecular complexity index is 522. The first kappa shape index (κ1) is 15.2. The first-order valence-corrected chi connectivity index (χ1v) is 6.95. The van der Waals surface area contributed by atoms with Gasteiger partial charge in [0.2, 0.25) is 0 Å². The molecule has 0 radical (unpaired) electrons. The van der Waals surface area contributed by atoms with Crippen LogP contribution in [0, 0.1) is 5.92 Å². The molecule has 1 amide bonds. The maximum Gasteiger partial charge on any atom is 0.415 e. The van der Waals surface area contributed by atoms with E-state index in [-0.39, 0.29) is 23.9 Å². The highest BCUT2D eigenvalue weighted by molar-refractivity contribution is 5.99. The molecule has 0 bridgehead atoms. The van der Waals surface area contributed by atoms with Crippen molar-refractivity contribution in [3.8, 4) is 5.75 Å². The van der Waals surface area contributed by atoms with E-state index in [1.54, 1.807) is 23.2 Å². The van der Waals surface area contributed by atoms with Crippen LogP contribution in [0.15, 0.2) is 24.5 Å². The van der Waals surface area contributed by atoms with Crippen LogP contribution >= 0.6 is 0 Å². The Hall–Kier alpha value is -2.24. The highest BCUT2D eigenvalue weighted by Crippen LogP contribution is 2.20. The summed E-state index contributed by atoms with van der Waals surface area (Å²) < 4.78 is 5.20. The number of hydrogen-bond donors (Lipinski definition) is 0. The van der Waals surface area contributed by atoms with E-state index in [4.69, 9.17) is 4.74 Å². The maximum absolute atomic E-state index is 12.0. The molecule has 21 heavy (non-hydrogen) atoms. The van der Waals surface area contributed by atoms with Crippen LogP contribution in [0.25, 0.3) is 0 Å². The molecule has 0 unspecified atom stereocenters. The molecular formula is C15H18N2O4. The summed E-state index contributed by atoms with van der Waals surface area (Å²) in [5.74, 6) is 0.134. The van der Waals surface area contributed by atoms with Crippen LogP contribution in [0.3, 0.4) is 0 Å². The lowest BCUT2D eigenvalue weighted by atomic mass is 9.90. The molecule has 0 spiro atoms. The fourth-order valence-electron chi connectivity index (χ4n) is 2.35. The number of piperidine rings is 1. The minimum absolute atomic E-state index is 0.00913. The largest absolute Gasteiger partial charge is 0.415 e. The summed E-state index contributed by atoms with van der Waals surface area (Å²) in [5, 5.41) is 0. The zero-order chi connectivity index (χ0) is 15.2. The number of amides is 1. The van der Waals surface area contributed by atoms with Gasteiger partial charge in [-0.2, -0.15) is 0 Å². The topological polar surface area (TPSA) is 76.6 Å². The lowest BCUT2D eigenvalue weighted by Crippen LogP contribution is -2.41. The summed E-state index contributed by atoms with van der Waals surface area (Å²) in [4.78, 5) is 40.2. The Morgan fingerprint density at radius 2 is 2.05 bits per heavy atom. The van der Waals surface area contributed by atoms with Crippen molar-refractivity contribution in [3.63, 3.8) is 0 Å². The molecule has 2 rings (SSSR count). The average Bonchev–Trinajstić information content (AvgIpc) is 2.47. The molecule has 1 fully saturated rings. The number of likely N-dealkylation sites (tertiary alicyclic amines) is 1. The molecule has 2 heterocycles. The molecule has 0 atom stereocenters. The predicted molar refractivity (Wildman–Crippen MR) is 74.9 cm³/mol. The van der Waals surface area contributed by atoms with Crippen LogP contribution in [0.1, 0.15) is 26.2 Å². The summed E-state index contributed by atoms with van der Waals surface area (Å²) >= 11 is 0. The number of hydrogen-bond acceptors (Lipinski definition) is 5. The van der Waals surface area contributed by atoms with E-state index in [1.807, 2.05) is 0 Å². The smallest absolute Gasteiger partial charge is 0.409 e. The number of carbonyl (C=O) groups is 3. The Labute approximate surface area is 123 Å². The first-order chi connectivity index (χ1) is 10.1. The van der Waals surface area contributed by atoms with Gasteiger partial charge in [-0.15, -0.1) is 0 Å². The zero-order valence-electron chi connectivity index (χ0n) is 11.9. The minimum Gasteiger partial charge on any atom is -0.409 e. The van der Waals surface area contributed by atoms with Crippen LogP contribution in [0.2, 0.25) is 0 Å². The molecule has 1 aromatic rings. The van der Waals surface area contributed by atoms with Crippen molar-refractivity contribution < 1.29 is 19.1 Å². The molecule has 1 aliphatic rings. The Morgan fingerprint density at radius 3 is 2.62 bits per heavy atom. The molecule has 0 N–H and O–H groups in total. The number of ketones is 2. The number of rotatable bonds is 4. The quantitative estimate of drug-likeness (QED) is 0.791. The van der Waals surface area contributed by atoms with Gasteiger partial charge in [0.25, 0.3) is 0 Å². The molecule has 1 aromatic heterocycles.